The van der Waals surface area contributed by atoms with Crippen molar-refractivity contribution in [3.8, 4) is 11.3 Å². The Morgan fingerprint density at radius 1 is 1.31 bits per heavy atom. The van der Waals surface area contributed by atoms with Crippen molar-refractivity contribution in [2.45, 2.75) is 0 Å². The third-order valence-electron chi connectivity index (χ3n) is 1.89. The number of aromatic nitrogens is 3. The summed E-state index contributed by atoms with van der Waals surface area (Å²) in [6.07, 6.45) is 1.32. The van der Waals surface area contributed by atoms with E-state index < -0.39 is 0 Å². The SMILES string of the molecule is [N-]=[N+]=Nc1ncc(-c2ccccc2)[n+]([O-])n1. The van der Waals surface area contributed by atoms with E-state index in [2.05, 4.69) is 20.1 Å². The second-order valence-electron chi connectivity index (χ2n) is 2.87. The second-order valence-corrected chi connectivity index (χ2v) is 2.87. The van der Waals surface area contributed by atoms with Crippen molar-refractivity contribution in [1.82, 2.24) is 10.1 Å². The number of benzene rings is 1. The first-order valence-electron chi connectivity index (χ1n) is 4.38. The highest BCUT2D eigenvalue weighted by molar-refractivity contribution is 5.54. The van der Waals surface area contributed by atoms with Crippen molar-refractivity contribution < 1.29 is 4.85 Å². The summed E-state index contributed by atoms with van der Waals surface area (Å²) in [6, 6.07) is 8.97. The van der Waals surface area contributed by atoms with Gasteiger partial charge in [-0.3, -0.25) is 0 Å². The monoisotopic (exact) mass is 214 g/mol. The number of azide groups is 1. The first kappa shape index (κ1) is 9.88. The second kappa shape index (κ2) is 4.24. The lowest BCUT2D eigenvalue weighted by Crippen LogP contribution is -2.33. The molecule has 7 nitrogen and oxygen atoms in total. The molecule has 0 amide bonds. The van der Waals surface area contributed by atoms with Gasteiger partial charge in [0.15, 0.2) is 0 Å². The normalized spacial score (nSPS) is 9.50. The van der Waals surface area contributed by atoms with E-state index >= 15 is 0 Å². The molecule has 78 valence electrons. The molecule has 0 bridgehead atoms. The number of nitrogens with zero attached hydrogens (tertiary/aromatic N) is 6. The molecule has 0 atom stereocenters. The summed E-state index contributed by atoms with van der Waals surface area (Å²) in [6.45, 7) is 0. The number of hydrogen-bond acceptors (Lipinski definition) is 4. The Kier molecular flexibility index (Phi) is 2.62. The van der Waals surface area contributed by atoms with Crippen LogP contribution in [0.5, 0.6) is 0 Å². The van der Waals surface area contributed by atoms with Gasteiger partial charge in [-0.05, 0) is 27.6 Å². The van der Waals surface area contributed by atoms with Gasteiger partial charge in [-0.25, -0.2) is 4.98 Å². The molecule has 0 N–H and O–H groups in total. The molecule has 2 aromatic rings. The van der Waals surface area contributed by atoms with Crippen LogP contribution >= 0.6 is 0 Å². The Bertz CT molecular complexity index is 549. The number of hydrogen-bond donors (Lipinski definition) is 0. The van der Waals surface area contributed by atoms with Gasteiger partial charge in [-0.1, -0.05) is 18.2 Å². The summed E-state index contributed by atoms with van der Waals surface area (Å²) in [7, 11) is 0. The smallest absolute Gasteiger partial charge is 0.285 e. The van der Waals surface area contributed by atoms with E-state index in [0.717, 1.165) is 0 Å². The van der Waals surface area contributed by atoms with E-state index in [1.165, 1.54) is 6.20 Å². The van der Waals surface area contributed by atoms with Gasteiger partial charge in [0.05, 0.1) is 5.56 Å². The van der Waals surface area contributed by atoms with Crippen molar-refractivity contribution in [2.24, 2.45) is 5.11 Å². The molecule has 16 heavy (non-hydrogen) atoms. The molecule has 0 fully saturated rings. The highest BCUT2D eigenvalue weighted by atomic mass is 16.5. The molecule has 1 aromatic heterocycles. The molecule has 0 saturated heterocycles. The highest BCUT2D eigenvalue weighted by Gasteiger charge is 2.11. The van der Waals surface area contributed by atoms with Gasteiger partial charge >= 0.3 is 0 Å². The van der Waals surface area contributed by atoms with Gasteiger partial charge in [-0.15, -0.1) is 0 Å². The Hall–Kier alpha value is -2.66. The lowest BCUT2D eigenvalue weighted by molar-refractivity contribution is -0.657. The molecule has 7 heteroatoms. The van der Waals surface area contributed by atoms with Gasteiger partial charge in [0, 0.05) is 10.0 Å². The van der Waals surface area contributed by atoms with Gasteiger partial charge < -0.3 is 5.21 Å². The predicted octanol–water partition coefficient (Wildman–Crippen LogP) is 1.72. The molecule has 0 aliphatic rings. The van der Waals surface area contributed by atoms with Crippen LogP contribution in [0, 0.1) is 5.21 Å². The van der Waals surface area contributed by atoms with Crippen LogP contribution < -0.4 is 4.85 Å². The zero-order valence-corrected chi connectivity index (χ0v) is 8.06. The average Bonchev–Trinajstić information content (AvgIpc) is 2.31. The predicted molar refractivity (Wildman–Crippen MR) is 55.2 cm³/mol. The van der Waals surface area contributed by atoms with Crippen LogP contribution in [0.15, 0.2) is 41.6 Å². The van der Waals surface area contributed by atoms with Crippen LogP contribution in [0.3, 0.4) is 0 Å². The molecule has 1 heterocycles. The van der Waals surface area contributed by atoms with E-state index in [4.69, 9.17) is 5.53 Å². The molecule has 0 unspecified atom stereocenters. The van der Waals surface area contributed by atoms with Gasteiger partial charge in [-0.2, -0.15) is 0 Å². The number of rotatable bonds is 2. The fourth-order valence-corrected chi connectivity index (χ4v) is 1.21. The molecular weight excluding hydrogens is 208 g/mol. The maximum absolute atomic E-state index is 11.5. The fraction of sp³-hybridized carbons (Fsp3) is 0. The Morgan fingerprint density at radius 3 is 2.69 bits per heavy atom. The maximum atomic E-state index is 11.5. The molecule has 0 saturated carbocycles. The van der Waals surface area contributed by atoms with Crippen LogP contribution in [0.25, 0.3) is 21.7 Å². The average molecular weight is 214 g/mol. The fourth-order valence-electron chi connectivity index (χ4n) is 1.21. The quantitative estimate of drug-likeness (QED) is 0.250. The zero-order chi connectivity index (χ0) is 11.4. The Morgan fingerprint density at radius 2 is 2.06 bits per heavy atom. The van der Waals surface area contributed by atoms with Gasteiger partial charge in [0.1, 0.15) is 6.20 Å². The summed E-state index contributed by atoms with van der Waals surface area (Å²) in [4.78, 5) is 6.63. The molecule has 2 rings (SSSR count). The van der Waals surface area contributed by atoms with Crippen LogP contribution in [-0.2, 0) is 0 Å². The minimum absolute atomic E-state index is 0.197. The third kappa shape index (κ3) is 1.89. The van der Waals surface area contributed by atoms with Crippen LogP contribution in [-0.4, -0.2) is 10.1 Å². The zero-order valence-electron chi connectivity index (χ0n) is 8.06. The van der Waals surface area contributed by atoms with Crippen LogP contribution in [0.2, 0.25) is 0 Å². The van der Waals surface area contributed by atoms with Crippen molar-refractivity contribution in [3.05, 3.63) is 52.2 Å². The molecular formula is C9H6N6O. The minimum atomic E-state index is -0.197. The molecule has 1 aromatic carbocycles. The summed E-state index contributed by atoms with van der Waals surface area (Å²) < 4.78 is 0. The summed E-state index contributed by atoms with van der Waals surface area (Å²) in [5.41, 5.74) is 9.17. The van der Waals surface area contributed by atoms with Crippen molar-refractivity contribution in [3.63, 3.8) is 0 Å². The Balaban J connectivity index is 2.48. The van der Waals surface area contributed by atoms with Crippen molar-refractivity contribution >= 4 is 5.95 Å². The summed E-state index contributed by atoms with van der Waals surface area (Å²) >= 11 is 0. The van der Waals surface area contributed by atoms with Crippen LogP contribution in [0.4, 0.5) is 5.95 Å². The van der Waals surface area contributed by atoms with Gasteiger partial charge in [0.25, 0.3) is 11.6 Å². The summed E-state index contributed by atoms with van der Waals surface area (Å²) in [5, 5.41) is 18.1. The van der Waals surface area contributed by atoms with Gasteiger partial charge in [0.2, 0.25) is 0 Å². The summed E-state index contributed by atoms with van der Waals surface area (Å²) in [5.74, 6) is -0.197. The molecule has 0 aliphatic heterocycles. The van der Waals surface area contributed by atoms with E-state index in [9.17, 15) is 5.21 Å². The largest absolute Gasteiger partial charge is 0.594 e. The first-order valence-corrected chi connectivity index (χ1v) is 4.38. The van der Waals surface area contributed by atoms with E-state index in [-0.39, 0.29) is 5.95 Å². The molecule has 0 radical (unpaired) electrons. The maximum Gasteiger partial charge on any atom is 0.285 e. The first-order chi connectivity index (χ1) is 7.81. The third-order valence-corrected chi connectivity index (χ3v) is 1.89. The van der Waals surface area contributed by atoms with E-state index in [0.29, 0.717) is 16.1 Å². The minimum Gasteiger partial charge on any atom is -0.594 e. The van der Waals surface area contributed by atoms with E-state index in [1.807, 2.05) is 6.07 Å². The Labute approximate surface area is 90.2 Å². The van der Waals surface area contributed by atoms with Crippen LogP contribution in [0.1, 0.15) is 0 Å². The topological polar surface area (TPSA) is 101 Å². The van der Waals surface area contributed by atoms with E-state index in [1.54, 1.807) is 24.3 Å². The molecule has 0 aliphatic carbocycles. The lowest BCUT2D eigenvalue weighted by Gasteiger charge is -2.00. The molecule has 0 spiro atoms. The van der Waals surface area contributed by atoms with Crippen molar-refractivity contribution in [2.75, 3.05) is 0 Å². The highest BCUT2D eigenvalue weighted by Crippen LogP contribution is 2.13. The lowest BCUT2D eigenvalue weighted by atomic mass is 10.2. The standard InChI is InChI=1S/C9H6N6O/c10-14-12-9-11-6-8(15(16)13-9)7-4-2-1-3-5-7/h1-6H. The van der Waals surface area contributed by atoms with Crippen molar-refractivity contribution in [1.29, 1.82) is 0 Å².